The molecule has 0 heterocycles. The van der Waals surface area contributed by atoms with E-state index in [2.05, 4.69) is 26.6 Å². The Bertz CT molecular complexity index is 929. The highest BCUT2D eigenvalue weighted by Gasteiger charge is 2.35. The maximum atomic E-state index is 12.1. The third-order valence-corrected chi connectivity index (χ3v) is 5.11. The molecule has 1 unspecified atom stereocenters. The van der Waals surface area contributed by atoms with Crippen LogP contribution in [0.3, 0.4) is 0 Å². The zero-order valence-electron chi connectivity index (χ0n) is 14.5. The molecule has 134 valence electrons. The number of fused-ring (bicyclic) bond motifs is 1. The van der Waals surface area contributed by atoms with Crippen molar-refractivity contribution in [2.24, 2.45) is 0 Å². The van der Waals surface area contributed by atoms with Crippen molar-refractivity contribution in [3.8, 4) is 0 Å². The molecule has 0 fully saturated rings. The van der Waals surface area contributed by atoms with E-state index in [0.29, 0.717) is 28.4 Å². The van der Waals surface area contributed by atoms with E-state index < -0.39 is 5.60 Å². The van der Waals surface area contributed by atoms with Crippen molar-refractivity contribution < 1.29 is 9.90 Å². The van der Waals surface area contributed by atoms with Crippen LogP contribution in [-0.2, 0) is 10.4 Å². The lowest BCUT2D eigenvalue weighted by Gasteiger charge is -2.27. The van der Waals surface area contributed by atoms with Gasteiger partial charge in [0, 0.05) is 28.8 Å². The van der Waals surface area contributed by atoms with Gasteiger partial charge in [-0.3, -0.25) is 4.79 Å². The fourth-order valence-electron chi connectivity index (χ4n) is 3.08. The number of carbonyl (C=O) groups excluding carboxylic acids is 1. The Morgan fingerprint density at radius 3 is 2.54 bits per heavy atom. The summed E-state index contributed by atoms with van der Waals surface area (Å²) in [5.74, 6) is 0. The number of rotatable bonds is 7. The SMILES string of the molecule is CNCCNc1cccc(Br)c1C(O)(C=O)c1ccc2ccccc2c1. The Labute approximate surface area is 161 Å². The number of nitrogens with one attached hydrogen (secondary N) is 2. The highest BCUT2D eigenvalue weighted by molar-refractivity contribution is 9.10. The van der Waals surface area contributed by atoms with Gasteiger partial charge in [-0.15, -0.1) is 0 Å². The second-order valence-corrected chi connectivity index (χ2v) is 6.99. The molecule has 0 aliphatic heterocycles. The van der Waals surface area contributed by atoms with E-state index in [-0.39, 0.29) is 0 Å². The number of carbonyl (C=O) groups is 1. The molecule has 0 aliphatic carbocycles. The number of aliphatic hydroxyl groups is 1. The number of benzene rings is 3. The predicted octanol–water partition coefficient (Wildman–Crippen LogP) is 3.67. The number of halogens is 1. The summed E-state index contributed by atoms with van der Waals surface area (Å²) in [5, 5.41) is 19.8. The second kappa shape index (κ2) is 7.99. The zero-order valence-corrected chi connectivity index (χ0v) is 16.1. The summed E-state index contributed by atoms with van der Waals surface area (Å²) < 4.78 is 0.676. The van der Waals surface area contributed by atoms with Crippen molar-refractivity contribution in [1.29, 1.82) is 0 Å². The molecule has 0 aromatic heterocycles. The minimum Gasteiger partial charge on any atom is -0.383 e. The zero-order chi connectivity index (χ0) is 18.6. The van der Waals surface area contributed by atoms with Crippen molar-refractivity contribution in [2.75, 3.05) is 25.5 Å². The van der Waals surface area contributed by atoms with Crippen LogP contribution in [0.5, 0.6) is 0 Å². The summed E-state index contributed by atoms with van der Waals surface area (Å²) in [6, 6.07) is 19.0. The van der Waals surface area contributed by atoms with Crippen LogP contribution in [0.4, 0.5) is 5.69 Å². The van der Waals surface area contributed by atoms with Gasteiger partial charge in [0.2, 0.25) is 0 Å². The molecule has 0 bridgehead atoms. The van der Waals surface area contributed by atoms with E-state index >= 15 is 0 Å². The first-order chi connectivity index (χ1) is 12.6. The number of aldehydes is 1. The molecule has 3 aromatic carbocycles. The maximum absolute atomic E-state index is 12.1. The minimum absolute atomic E-state index is 0.515. The third kappa shape index (κ3) is 3.51. The number of anilines is 1. The lowest BCUT2D eigenvalue weighted by Crippen LogP contribution is -2.31. The van der Waals surface area contributed by atoms with E-state index in [0.717, 1.165) is 23.0 Å². The van der Waals surface area contributed by atoms with Gasteiger partial charge in [0.25, 0.3) is 0 Å². The van der Waals surface area contributed by atoms with Gasteiger partial charge in [0.05, 0.1) is 0 Å². The quantitative estimate of drug-likeness (QED) is 0.409. The average Bonchev–Trinajstić information content (AvgIpc) is 2.67. The molecule has 0 amide bonds. The van der Waals surface area contributed by atoms with Gasteiger partial charge in [0.15, 0.2) is 11.9 Å². The minimum atomic E-state index is -1.76. The number of hydrogen-bond acceptors (Lipinski definition) is 4. The van der Waals surface area contributed by atoms with Gasteiger partial charge in [-0.2, -0.15) is 0 Å². The molecule has 1 atom stereocenters. The summed E-state index contributed by atoms with van der Waals surface area (Å²) in [6.45, 7) is 1.44. The summed E-state index contributed by atoms with van der Waals surface area (Å²) >= 11 is 3.51. The molecule has 0 radical (unpaired) electrons. The van der Waals surface area contributed by atoms with Crippen LogP contribution >= 0.6 is 15.9 Å². The van der Waals surface area contributed by atoms with Crippen LogP contribution in [0.25, 0.3) is 10.8 Å². The maximum Gasteiger partial charge on any atom is 0.173 e. The Kier molecular flexibility index (Phi) is 5.71. The van der Waals surface area contributed by atoms with E-state index in [1.807, 2.05) is 61.6 Å². The normalized spacial score (nSPS) is 13.3. The summed E-state index contributed by atoms with van der Waals surface area (Å²) in [6.07, 6.45) is 0.598. The van der Waals surface area contributed by atoms with Crippen molar-refractivity contribution in [3.63, 3.8) is 0 Å². The summed E-state index contributed by atoms with van der Waals surface area (Å²) in [7, 11) is 1.88. The van der Waals surface area contributed by atoms with E-state index in [1.54, 1.807) is 6.07 Å². The fourth-order valence-corrected chi connectivity index (χ4v) is 3.75. The lowest BCUT2D eigenvalue weighted by molar-refractivity contribution is -0.121. The van der Waals surface area contributed by atoms with Gasteiger partial charge < -0.3 is 15.7 Å². The van der Waals surface area contributed by atoms with Gasteiger partial charge in [-0.1, -0.05) is 58.4 Å². The van der Waals surface area contributed by atoms with Gasteiger partial charge in [-0.05, 0) is 41.6 Å². The third-order valence-electron chi connectivity index (χ3n) is 4.45. The molecule has 3 N–H and O–H groups in total. The Hall–Kier alpha value is -2.21. The van der Waals surface area contributed by atoms with E-state index in [4.69, 9.17) is 0 Å². The van der Waals surface area contributed by atoms with Crippen molar-refractivity contribution in [1.82, 2.24) is 5.32 Å². The highest BCUT2D eigenvalue weighted by Crippen LogP contribution is 2.39. The van der Waals surface area contributed by atoms with Crippen LogP contribution in [-0.4, -0.2) is 31.5 Å². The molecule has 0 saturated carbocycles. The molecular formula is C21H21BrN2O2. The summed E-state index contributed by atoms with van der Waals surface area (Å²) in [4.78, 5) is 12.1. The van der Waals surface area contributed by atoms with Crippen LogP contribution < -0.4 is 10.6 Å². The van der Waals surface area contributed by atoms with Crippen LogP contribution in [0.1, 0.15) is 11.1 Å². The van der Waals surface area contributed by atoms with E-state index in [9.17, 15) is 9.90 Å². The molecule has 5 heteroatoms. The van der Waals surface area contributed by atoms with E-state index in [1.165, 1.54) is 0 Å². The molecule has 3 rings (SSSR count). The Morgan fingerprint density at radius 2 is 1.81 bits per heavy atom. The molecule has 3 aromatic rings. The molecule has 4 nitrogen and oxygen atoms in total. The highest BCUT2D eigenvalue weighted by atomic mass is 79.9. The van der Waals surface area contributed by atoms with Crippen LogP contribution in [0, 0.1) is 0 Å². The number of hydrogen-bond donors (Lipinski definition) is 3. The lowest BCUT2D eigenvalue weighted by atomic mass is 9.85. The molecule has 0 spiro atoms. The monoisotopic (exact) mass is 412 g/mol. The first-order valence-electron chi connectivity index (χ1n) is 8.45. The summed E-state index contributed by atoms with van der Waals surface area (Å²) in [5.41, 5.74) is 0.0140. The van der Waals surface area contributed by atoms with Gasteiger partial charge in [-0.25, -0.2) is 0 Å². The Balaban J connectivity index is 2.12. The number of likely N-dealkylation sites (N-methyl/N-ethyl adjacent to an activating group) is 1. The van der Waals surface area contributed by atoms with Crippen LogP contribution in [0.2, 0.25) is 0 Å². The Morgan fingerprint density at radius 1 is 1.04 bits per heavy atom. The van der Waals surface area contributed by atoms with Gasteiger partial charge in [0.1, 0.15) is 0 Å². The largest absolute Gasteiger partial charge is 0.383 e. The molecule has 0 saturated heterocycles. The van der Waals surface area contributed by atoms with Crippen molar-refractivity contribution in [2.45, 2.75) is 5.60 Å². The smallest absolute Gasteiger partial charge is 0.173 e. The molecule has 0 aliphatic rings. The van der Waals surface area contributed by atoms with Crippen molar-refractivity contribution >= 4 is 38.7 Å². The first-order valence-corrected chi connectivity index (χ1v) is 9.25. The second-order valence-electron chi connectivity index (χ2n) is 6.14. The molecular weight excluding hydrogens is 392 g/mol. The van der Waals surface area contributed by atoms with Crippen molar-refractivity contribution in [3.05, 3.63) is 76.3 Å². The van der Waals surface area contributed by atoms with Gasteiger partial charge >= 0.3 is 0 Å². The standard InChI is InChI=1S/C21H21BrN2O2/c1-23-11-12-24-19-8-4-7-18(22)20(19)21(26,14-25)17-10-9-15-5-2-3-6-16(15)13-17/h2-10,13-14,23-24,26H,11-12H2,1H3. The average molecular weight is 413 g/mol. The topological polar surface area (TPSA) is 61.4 Å². The predicted molar refractivity (Wildman–Crippen MR) is 110 cm³/mol. The first kappa shape index (κ1) is 18.6. The fraction of sp³-hybridized carbons (Fsp3) is 0.190. The van der Waals surface area contributed by atoms with Crippen LogP contribution in [0.15, 0.2) is 65.1 Å². The molecule has 26 heavy (non-hydrogen) atoms.